The van der Waals surface area contributed by atoms with Gasteiger partial charge in [0.2, 0.25) is 27.4 Å². The monoisotopic (exact) mass is 856 g/mol. The van der Waals surface area contributed by atoms with E-state index in [-0.39, 0.29) is 54.1 Å². The van der Waals surface area contributed by atoms with Crippen LogP contribution in [0.5, 0.6) is 11.6 Å². The highest BCUT2D eigenvalue weighted by molar-refractivity contribution is 7.91. The number of nitrogens with one attached hydrogen (secondary N) is 3. The molecule has 8 rings (SSSR count). The molecule has 2 aliphatic heterocycles. The molecular weight excluding hydrogens is 817 g/mol. The number of sulfonamides is 1. The molecule has 3 fully saturated rings. The molecule has 0 bridgehead atoms. The Morgan fingerprint density at radius 2 is 1.85 bits per heavy atom. The molecule has 20 heteroatoms. The molecule has 2 aromatic carbocycles. The van der Waals surface area contributed by atoms with Gasteiger partial charge in [0, 0.05) is 23.3 Å². The standard InChI is InChI=1S/C40H40F4N6O9S/c1-57-24-10-7-8-21(16-24)33-46-31-27-17-23(41)12-15-30(27)59-32(31)35(47-33)58-25-18-29-34(51)48-39(37(53)49-60(55,56)26-13-14-26)19-22(39)9-5-3-2-4-6-11-28(36(52)50(29)20-25)45-38(54)40(42,43)44/h5,7-10,12,15-17,22,25-26,28-29H,2-4,6,11,13-14,18-20H2,1H3,(H,45,54)(H,48,51)(H,49,53)/b9-5-/t22-,25+,28-,29-,39+/m0/s1. The number of alkyl halides is 3. The molecular formula is C40H40F4N6O9S. The maximum Gasteiger partial charge on any atom is 0.471 e. The molecule has 5 atom stereocenters. The summed E-state index contributed by atoms with van der Waals surface area (Å²) in [6.45, 7) is -0.400. The van der Waals surface area contributed by atoms with Gasteiger partial charge in [-0.05, 0) is 68.9 Å². The number of benzene rings is 2. The maximum atomic E-state index is 14.5. The van der Waals surface area contributed by atoms with Crippen LogP contribution in [-0.2, 0) is 29.2 Å². The fourth-order valence-corrected chi connectivity index (χ4v) is 9.17. The number of allylic oxidation sites excluding steroid dienone is 1. The number of hydrogen-bond donors (Lipinski definition) is 3. The molecule has 0 spiro atoms. The lowest BCUT2D eigenvalue weighted by Gasteiger charge is -2.30. The second kappa shape index (κ2) is 15.7. The number of aromatic nitrogens is 2. The van der Waals surface area contributed by atoms with E-state index in [4.69, 9.17) is 13.9 Å². The number of rotatable bonds is 8. The first-order valence-electron chi connectivity index (χ1n) is 19.5. The number of methoxy groups -OCH3 is 1. The van der Waals surface area contributed by atoms with E-state index in [1.165, 1.54) is 25.3 Å². The van der Waals surface area contributed by atoms with Crippen molar-refractivity contribution in [3.05, 3.63) is 60.4 Å². The van der Waals surface area contributed by atoms with E-state index in [0.717, 1.165) is 4.90 Å². The molecule has 4 aromatic rings. The van der Waals surface area contributed by atoms with Crippen LogP contribution in [0.15, 0.2) is 59.0 Å². The van der Waals surface area contributed by atoms with Crippen LogP contribution in [0.1, 0.15) is 57.8 Å². The average molecular weight is 857 g/mol. The summed E-state index contributed by atoms with van der Waals surface area (Å²) < 4.78 is 101. The van der Waals surface area contributed by atoms with Crippen LogP contribution in [-0.4, -0.2) is 95.7 Å². The van der Waals surface area contributed by atoms with Gasteiger partial charge in [-0.3, -0.25) is 23.9 Å². The molecule has 60 heavy (non-hydrogen) atoms. The van der Waals surface area contributed by atoms with Crippen LogP contribution in [0.3, 0.4) is 0 Å². The highest BCUT2D eigenvalue weighted by Gasteiger charge is 2.62. The fraction of sp³-hybridized carbons (Fsp3) is 0.450. The van der Waals surface area contributed by atoms with Gasteiger partial charge in [0.1, 0.15) is 46.4 Å². The van der Waals surface area contributed by atoms with E-state index in [1.54, 1.807) is 36.4 Å². The van der Waals surface area contributed by atoms with E-state index >= 15 is 0 Å². The van der Waals surface area contributed by atoms with Gasteiger partial charge >= 0.3 is 12.1 Å². The summed E-state index contributed by atoms with van der Waals surface area (Å²) in [6, 6.07) is 7.39. The summed E-state index contributed by atoms with van der Waals surface area (Å²) in [6.07, 6.45) is -0.792. The minimum Gasteiger partial charge on any atom is -0.497 e. The molecule has 4 amide bonds. The SMILES string of the molecule is COc1cccc(-c2nc(O[C@@H]3C[C@H]4C(=O)N[C@]5(C(=O)NS(=O)(=O)C6CC6)C[C@@H]5/C=C\CCCCC[C@H](NC(=O)C(F)(F)F)C(=O)N4C3)c3oc4ccc(F)cc4c3n2)c1. The summed E-state index contributed by atoms with van der Waals surface area (Å²) in [5, 5.41) is 4.05. The molecule has 1 saturated heterocycles. The number of ether oxygens (including phenoxy) is 2. The van der Waals surface area contributed by atoms with E-state index in [9.17, 15) is 45.2 Å². The predicted molar refractivity (Wildman–Crippen MR) is 205 cm³/mol. The average Bonchev–Trinajstić information content (AvgIpc) is 4.11. The van der Waals surface area contributed by atoms with E-state index in [2.05, 4.69) is 20.0 Å². The molecule has 0 unspecified atom stereocenters. The third kappa shape index (κ3) is 8.20. The summed E-state index contributed by atoms with van der Waals surface area (Å²) in [5.74, 6) is -5.93. The normalized spacial score (nSPS) is 25.6. The Balaban J connectivity index is 1.17. The first-order chi connectivity index (χ1) is 28.6. The van der Waals surface area contributed by atoms with Crippen LogP contribution >= 0.6 is 0 Å². The van der Waals surface area contributed by atoms with Gasteiger partial charge in [0.05, 0.1) is 18.9 Å². The van der Waals surface area contributed by atoms with Gasteiger partial charge in [0.15, 0.2) is 5.82 Å². The second-order valence-electron chi connectivity index (χ2n) is 15.5. The number of fused-ring (bicyclic) bond motifs is 5. The highest BCUT2D eigenvalue weighted by atomic mass is 32.2. The van der Waals surface area contributed by atoms with Gasteiger partial charge in [-0.25, -0.2) is 17.8 Å². The number of hydrogen-bond acceptors (Lipinski definition) is 11. The third-order valence-electron chi connectivity index (χ3n) is 11.3. The molecule has 15 nitrogen and oxygen atoms in total. The topological polar surface area (TPSA) is 199 Å². The first-order valence-corrected chi connectivity index (χ1v) is 21.0. The number of furan rings is 1. The number of halogens is 4. The number of carbonyl (C=O) groups excluding carboxylic acids is 4. The van der Waals surface area contributed by atoms with Crippen molar-refractivity contribution in [2.75, 3.05) is 13.7 Å². The predicted octanol–water partition coefficient (Wildman–Crippen LogP) is 4.59. The van der Waals surface area contributed by atoms with Crippen molar-refractivity contribution < 1.29 is 59.0 Å². The number of nitrogens with zero attached hydrogens (tertiary/aromatic N) is 3. The van der Waals surface area contributed by atoms with Crippen molar-refractivity contribution in [3.63, 3.8) is 0 Å². The quantitative estimate of drug-likeness (QED) is 0.166. The smallest absolute Gasteiger partial charge is 0.471 e. The van der Waals surface area contributed by atoms with Gasteiger partial charge < -0.3 is 29.4 Å². The highest BCUT2D eigenvalue weighted by Crippen LogP contribution is 2.46. The van der Waals surface area contributed by atoms with Gasteiger partial charge in [-0.15, -0.1) is 0 Å². The zero-order chi connectivity index (χ0) is 42.6. The third-order valence-corrected chi connectivity index (χ3v) is 13.1. The zero-order valence-corrected chi connectivity index (χ0v) is 32.9. The van der Waals surface area contributed by atoms with Crippen LogP contribution < -0.4 is 24.8 Å². The Hall–Kier alpha value is -5.79. The first kappa shape index (κ1) is 41.0. The minimum absolute atomic E-state index is 0.00194. The van der Waals surface area contributed by atoms with Crippen molar-refractivity contribution in [3.8, 4) is 23.0 Å². The van der Waals surface area contributed by atoms with Crippen molar-refractivity contribution in [2.45, 2.75) is 92.9 Å². The lowest BCUT2D eigenvalue weighted by atomic mass is 10.0. The lowest BCUT2D eigenvalue weighted by Crippen LogP contribution is -2.58. The fourth-order valence-electron chi connectivity index (χ4n) is 7.81. The molecule has 2 aromatic heterocycles. The van der Waals surface area contributed by atoms with Crippen LogP contribution in [0.4, 0.5) is 17.6 Å². The van der Waals surface area contributed by atoms with Gasteiger partial charge in [-0.1, -0.05) is 37.1 Å². The Morgan fingerprint density at radius 3 is 2.60 bits per heavy atom. The maximum absolute atomic E-state index is 14.5. The Labute approximate surface area is 340 Å². The zero-order valence-electron chi connectivity index (χ0n) is 32.1. The van der Waals surface area contributed by atoms with Crippen molar-refractivity contribution in [1.29, 1.82) is 0 Å². The summed E-state index contributed by atoms with van der Waals surface area (Å²) >= 11 is 0. The molecule has 3 N–H and O–H groups in total. The van der Waals surface area contributed by atoms with Gasteiger partial charge in [0.25, 0.3) is 11.8 Å². The largest absolute Gasteiger partial charge is 0.497 e. The van der Waals surface area contributed by atoms with Crippen LogP contribution in [0, 0.1) is 11.7 Å². The molecule has 4 aliphatic rings. The van der Waals surface area contributed by atoms with E-state index in [0.29, 0.717) is 48.8 Å². The number of carbonyl (C=O) groups is 4. The van der Waals surface area contributed by atoms with Crippen LogP contribution in [0.2, 0.25) is 0 Å². The summed E-state index contributed by atoms with van der Waals surface area (Å²) in [5.41, 5.74) is -0.820. The van der Waals surface area contributed by atoms with Crippen LogP contribution in [0.25, 0.3) is 33.5 Å². The van der Waals surface area contributed by atoms with E-state index < -0.39 is 87.1 Å². The Bertz CT molecular complexity index is 2530. The van der Waals surface area contributed by atoms with Crippen molar-refractivity contribution >= 4 is 55.7 Å². The Morgan fingerprint density at radius 1 is 1.05 bits per heavy atom. The second-order valence-corrected chi connectivity index (χ2v) is 17.5. The molecule has 2 aliphatic carbocycles. The van der Waals surface area contributed by atoms with E-state index in [1.807, 2.05) is 5.32 Å². The summed E-state index contributed by atoms with van der Waals surface area (Å²) in [4.78, 5) is 65.0. The molecule has 4 heterocycles. The Kier molecular flexibility index (Phi) is 10.7. The lowest BCUT2D eigenvalue weighted by molar-refractivity contribution is -0.175. The molecule has 2 saturated carbocycles. The molecule has 0 radical (unpaired) electrons. The molecule has 318 valence electrons. The number of amides is 4. The summed E-state index contributed by atoms with van der Waals surface area (Å²) in [7, 11) is -2.55. The minimum atomic E-state index is -5.31. The van der Waals surface area contributed by atoms with Crippen molar-refractivity contribution in [1.82, 2.24) is 30.2 Å². The van der Waals surface area contributed by atoms with Gasteiger partial charge in [-0.2, -0.15) is 18.2 Å². The van der Waals surface area contributed by atoms with Crippen molar-refractivity contribution in [2.24, 2.45) is 5.92 Å².